The van der Waals surface area contributed by atoms with E-state index >= 15 is 0 Å². The third-order valence-corrected chi connectivity index (χ3v) is 5.86. The number of amides is 1. The third-order valence-electron chi connectivity index (χ3n) is 5.86. The van der Waals surface area contributed by atoms with Crippen LogP contribution in [0.4, 0.5) is 0 Å². The highest BCUT2D eigenvalue weighted by atomic mass is 16.1. The number of hydrogen-bond acceptors (Lipinski definition) is 4. The predicted molar refractivity (Wildman–Crippen MR) is 117 cm³/mol. The molecule has 6 nitrogen and oxygen atoms in total. The van der Waals surface area contributed by atoms with E-state index in [0.717, 1.165) is 49.3 Å². The Morgan fingerprint density at radius 2 is 2.07 bits per heavy atom. The molecular formula is C24H29N5O. The SMILES string of the molecule is Cc1ccccc1C(=O)N[C@@H](c1ccccn1)[C@H]1CCCN(Cc2cnn(C)c2)C1. The van der Waals surface area contributed by atoms with Gasteiger partial charge in [0.15, 0.2) is 0 Å². The summed E-state index contributed by atoms with van der Waals surface area (Å²) in [6, 6.07) is 13.5. The van der Waals surface area contributed by atoms with Gasteiger partial charge in [-0.15, -0.1) is 0 Å². The Hall–Kier alpha value is -2.99. The zero-order valence-electron chi connectivity index (χ0n) is 17.7. The van der Waals surface area contributed by atoms with E-state index in [4.69, 9.17) is 0 Å². The number of rotatable bonds is 6. The van der Waals surface area contributed by atoms with Crippen molar-refractivity contribution >= 4 is 5.91 Å². The molecule has 0 aliphatic carbocycles. The largest absolute Gasteiger partial charge is 0.343 e. The summed E-state index contributed by atoms with van der Waals surface area (Å²) in [5.41, 5.74) is 3.85. The summed E-state index contributed by atoms with van der Waals surface area (Å²) in [6.45, 7) is 4.84. The molecule has 6 heteroatoms. The van der Waals surface area contributed by atoms with Crippen LogP contribution in [0.5, 0.6) is 0 Å². The van der Waals surface area contributed by atoms with Crippen LogP contribution >= 0.6 is 0 Å². The van der Waals surface area contributed by atoms with Gasteiger partial charge in [-0.2, -0.15) is 5.10 Å². The van der Waals surface area contributed by atoms with Crippen molar-refractivity contribution in [2.45, 2.75) is 32.4 Å². The van der Waals surface area contributed by atoms with Gasteiger partial charge in [0.05, 0.1) is 17.9 Å². The minimum Gasteiger partial charge on any atom is -0.343 e. The van der Waals surface area contributed by atoms with Crippen molar-refractivity contribution in [1.82, 2.24) is 25.0 Å². The molecule has 2 aromatic heterocycles. The number of aromatic nitrogens is 3. The predicted octanol–water partition coefficient (Wildman–Crippen LogP) is 3.51. The summed E-state index contributed by atoms with van der Waals surface area (Å²) in [4.78, 5) is 20.2. The van der Waals surface area contributed by atoms with Gasteiger partial charge in [-0.25, -0.2) is 0 Å². The number of piperidine rings is 1. The molecule has 3 heterocycles. The quantitative estimate of drug-likeness (QED) is 0.684. The van der Waals surface area contributed by atoms with Crippen LogP contribution in [0.1, 0.15) is 46.1 Å². The molecule has 0 radical (unpaired) electrons. The maximum Gasteiger partial charge on any atom is 0.252 e. The number of carbonyl (C=O) groups is 1. The molecule has 1 fully saturated rings. The van der Waals surface area contributed by atoms with Gasteiger partial charge in [-0.1, -0.05) is 24.3 Å². The van der Waals surface area contributed by atoms with Crippen LogP contribution in [0.3, 0.4) is 0 Å². The smallest absolute Gasteiger partial charge is 0.252 e. The third kappa shape index (κ3) is 4.76. The number of hydrogen-bond donors (Lipinski definition) is 1. The monoisotopic (exact) mass is 403 g/mol. The maximum absolute atomic E-state index is 13.1. The molecule has 0 spiro atoms. The molecule has 156 valence electrons. The van der Waals surface area contributed by atoms with E-state index in [-0.39, 0.29) is 11.9 Å². The molecule has 1 N–H and O–H groups in total. The van der Waals surface area contributed by atoms with Crippen molar-refractivity contribution in [2.24, 2.45) is 13.0 Å². The van der Waals surface area contributed by atoms with Crippen molar-refractivity contribution in [3.63, 3.8) is 0 Å². The standard InChI is InChI=1S/C24H29N5O/c1-18-8-3-4-10-21(18)24(30)27-23(22-11-5-6-12-25-22)20-9-7-13-29(17-20)16-19-14-26-28(2)15-19/h3-6,8,10-12,14-15,20,23H,7,9,13,16-17H2,1-2H3,(H,27,30)/t20-,23+/m0/s1. The number of aryl methyl sites for hydroxylation is 2. The Morgan fingerprint density at radius 1 is 1.23 bits per heavy atom. The first-order valence-corrected chi connectivity index (χ1v) is 10.6. The zero-order chi connectivity index (χ0) is 20.9. The first-order valence-electron chi connectivity index (χ1n) is 10.6. The fourth-order valence-electron chi connectivity index (χ4n) is 4.36. The Morgan fingerprint density at radius 3 is 2.80 bits per heavy atom. The lowest BCUT2D eigenvalue weighted by Gasteiger charge is -2.37. The molecule has 1 aromatic carbocycles. The molecule has 2 atom stereocenters. The Kier molecular flexibility index (Phi) is 6.23. The second-order valence-corrected chi connectivity index (χ2v) is 8.18. The lowest BCUT2D eigenvalue weighted by Crippen LogP contribution is -2.43. The second kappa shape index (κ2) is 9.22. The van der Waals surface area contributed by atoms with E-state index < -0.39 is 0 Å². The molecule has 1 aliphatic rings. The van der Waals surface area contributed by atoms with Gasteiger partial charge in [0.25, 0.3) is 5.91 Å². The summed E-state index contributed by atoms with van der Waals surface area (Å²) in [5.74, 6) is 0.270. The van der Waals surface area contributed by atoms with E-state index in [1.165, 1.54) is 5.56 Å². The van der Waals surface area contributed by atoms with E-state index in [0.29, 0.717) is 5.92 Å². The van der Waals surface area contributed by atoms with E-state index in [1.54, 1.807) is 6.20 Å². The van der Waals surface area contributed by atoms with Crippen LogP contribution < -0.4 is 5.32 Å². The molecule has 1 aliphatic heterocycles. The van der Waals surface area contributed by atoms with Crippen LogP contribution in [0.25, 0.3) is 0 Å². The fourth-order valence-corrected chi connectivity index (χ4v) is 4.36. The van der Waals surface area contributed by atoms with Crippen LogP contribution in [0, 0.1) is 12.8 Å². The maximum atomic E-state index is 13.1. The number of likely N-dealkylation sites (tertiary alicyclic amines) is 1. The van der Waals surface area contributed by atoms with Gasteiger partial charge in [-0.3, -0.25) is 19.4 Å². The van der Waals surface area contributed by atoms with E-state index in [9.17, 15) is 4.79 Å². The lowest BCUT2D eigenvalue weighted by atomic mass is 9.88. The first-order chi connectivity index (χ1) is 14.6. The molecule has 30 heavy (non-hydrogen) atoms. The van der Waals surface area contributed by atoms with Gasteiger partial charge < -0.3 is 5.32 Å². The molecular weight excluding hydrogens is 374 g/mol. The van der Waals surface area contributed by atoms with Gasteiger partial charge in [0.2, 0.25) is 0 Å². The van der Waals surface area contributed by atoms with Crippen LogP contribution in [0.15, 0.2) is 61.1 Å². The summed E-state index contributed by atoms with van der Waals surface area (Å²) in [5, 5.41) is 7.59. The van der Waals surface area contributed by atoms with Crippen molar-refractivity contribution in [3.8, 4) is 0 Å². The molecule has 0 bridgehead atoms. The normalized spacial score (nSPS) is 18.1. The summed E-state index contributed by atoms with van der Waals surface area (Å²) in [7, 11) is 1.95. The van der Waals surface area contributed by atoms with Gasteiger partial charge >= 0.3 is 0 Å². The lowest BCUT2D eigenvalue weighted by molar-refractivity contribution is 0.0874. The number of nitrogens with zero attached hydrogens (tertiary/aromatic N) is 4. The Balaban J connectivity index is 1.53. The molecule has 0 unspecified atom stereocenters. The molecule has 4 rings (SSSR count). The van der Waals surface area contributed by atoms with E-state index in [1.807, 2.05) is 67.3 Å². The highest BCUT2D eigenvalue weighted by Crippen LogP contribution is 2.30. The van der Waals surface area contributed by atoms with Crippen molar-refractivity contribution < 1.29 is 4.79 Å². The highest BCUT2D eigenvalue weighted by Gasteiger charge is 2.31. The van der Waals surface area contributed by atoms with Crippen molar-refractivity contribution in [3.05, 3.63) is 83.4 Å². The highest BCUT2D eigenvalue weighted by molar-refractivity contribution is 5.95. The van der Waals surface area contributed by atoms with Gasteiger partial charge in [0.1, 0.15) is 0 Å². The second-order valence-electron chi connectivity index (χ2n) is 8.18. The minimum absolute atomic E-state index is 0.0341. The number of nitrogens with one attached hydrogen (secondary N) is 1. The summed E-state index contributed by atoms with van der Waals surface area (Å²) >= 11 is 0. The van der Waals surface area contributed by atoms with Crippen LogP contribution in [-0.2, 0) is 13.6 Å². The van der Waals surface area contributed by atoms with Gasteiger partial charge in [-0.05, 0) is 56.0 Å². The van der Waals surface area contributed by atoms with Crippen LogP contribution in [-0.4, -0.2) is 38.7 Å². The summed E-state index contributed by atoms with van der Waals surface area (Å²) in [6.07, 6.45) is 7.98. The topological polar surface area (TPSA) is 63.1 Å². The first kappa shape index (κ1) is 20.3. The zero-order valence-corrected chi connectivity index (χ0v) is 17.7. The average molecular weight is 404 g/mol. The Bertz CT molecular complexity index is 984. The average Bonchev–Trinajstić information content (AvgIpc) is 3.17. The van der Waals surface area contributed by atoms with Gasteiger partial charge in [0, 0.05) is 43.7 Å². The minimum atomic E-state index is -0.116. The molecule has 1 amide bonds. The molecule has 0 saturated carbocycles. The summed E-state index contributed by atoms with van der Waals surface area (Å²) < 4.78 is 1.84. The molecule has 3 aromatic rings. The molecule has 1 saturated heterocycles. The fraction of sp³-hybridized carbons (Fsp3) is 0.375. The number of carbonyl (C=O) groups excluding carboxylic acids is 1. The van der Waals surface area contributed by atoms with E-state index in [2.05, 4.69) is 26.5 Å². The number of pyridine rings is 1. The van der Waals surface area contributed by atoms with Crippen molar-refractivity contribution in [2.75, 3.05) is 13.1 Å². The Labute approximate surface area is 177 Å². The number of benzene rings is 1. The van der Waals surface area contributed by atoms with Crippen molar-refractivity contribution in [1.29, 1.82) is 0 Å². The van der Waals surface area contributed by atoms with Crippen LogP contribution in [0.2, 0.25) is 0 Å².